The number of rotatable bonds is 16. The van der Waals surface area contributed by atoms with E-state index in [0.29, 0.717) is 42.8 Å². The Hall–Kier alpha value is -2.12. The van der Waals surface area contributed by atoms with Crippen LogP contribution in [0.2, 0.25) is 13.1 Å². The quantitative estimate of drug-likeness (QED) is 0.121. The minimum absolute atomic E-state index is 0.297. The SMILES string of the molecule is CCOC(=S)SC[Si](C)(C)O[C@H]1[C@H](OC)O[C@H](COCc2ccccc2)[C@@H](OCc2ccccc2)[C@@H]1OCc1ccccc1. The van der Waals surface area contributed by atoms with Gasteiger partial charge in [-0.25, -0.2) is 0 Å². The molecule has 10 heteroatoms. The van der Waals surface area contributed by atoms with Gasteiger partial charge in [0.05, 0.1) is 33.0 Å². The van der Waals surface area contributed by atoms with Crippen molar-refractivity contribution in [2.24, 2.45) is 0 Å². The van der Waals surface area contributed by atoms with E-state index in [1.165, 1.54) is 11.8 Å². The van der Waals surface area contributed by atoms with Crippen molar-refractivity contribution in [1.29, 1.82) is 0 Å². The molecule has 0 aromatic heterocycles. The number of thioether (sulfide) groups is 1. The number of benzene rings is 3. The van der Waals surface area contributed by atoms with E-state index in [1.54, 1.807) is 7.11 Å². The lowest BCUT2D eigenvalue weighted by atomic mass is 9.98. The minimum Gasteiger partial charge on any atom is -0.479 e. The summed E-state index contributed by atoms with van der Waals surface area (Å²) in [5.41, 5.74) is 3.20. The molecule has 1 aliphatic rings. The summed E-state index contributed by atoms with van der Waals surface area (Å²) in [4.78, 5) is 0. The molecule has 238 valence electrons. The zero-order valence-electron chi connectivity index (χ0n) is 26.0. The summed E-state index contributed by atoms with van der Waals surface area (Å²) >= 11 is 6.89. The average molecular weight is 657 g/mol. The van der Waals surface area contributed by atoms with Crippen LogP contribution in [0.15, 0.2) is 91.0 Å². The summed E-state index contributed by atoms with van der Waals surface area (Å²) < 4.78 is 45.0. The van der Waals surface area contributed by atoms with E-state index in [9.17, 15) is 0 Å². The van der Waals surface area contributed by atoms with Gasteiger partial charge in [0.1, 0.15) is 24.4 Å². The lowest BCUT2D eigenvalue weighted by Crippen LogP contribution is -2.63. The summed E-state index contributed by atoms with van der Waals surface area (Å²) in [5.74, 6) is 0. The van der Waals surface area contributed by atoms with Crippen molar-refractivity contribution in [1.82, 2.24) is 0 Å². The molecule has 1 saturated heterocycles. The lowest BCUT2D eigenvalue weighted by Gasteiger charge is -2.47. The largest absolute Gasteiger partial charge is 0.479 e. The highest BCUT2D eigenvalue weighted by Gasteiger charge is 2.50. The molecule has 0 saturated carbocycles. The van der Waals surface area contributed by atoms with Crippen molar-refractivity contribution in [3.05, 3.63) is 108 Å². The third-order valence-electron chi connectivity index (χ3n) is 7.04. The van der Waals surface area contributed by atoms with Gasteiger partial charge in [-0.2, -0.15) is 0 Å². The average Bonchev–Trinajstić information content (AvgIpc) is 3.04. The molecule has 0 N–H and O–H groups in total. The van der Waals surface area contributed by atoms with Crippen LogP contribution < -0.4 is 0 Å². The molecule has 0 unspecified atom stereocenters. The Bertz CT molecular complexity index is 1240. The summed E-state index contributed by atoms with van der Waals surface area (Å²) in [5, 5.41) is 0.712. The van der Waals surface area contributed by atoms with Crippen molar-refractivity contribution in [2.75, 3.05) is 25.7 Å². The molecule has 0 amide bonds. The van der Waals surface area contributed by atoms with Crippen molar-refractivity contribution < 1.29 is 32.8 Å². The first-order valence-corrected chi connectivity index (χ1v) is 19.5. The second-order valence-corrected chi connectivity index (χ2v) is 17.3. The summed E-state index contributed by atoms with van der Waals surface area (Å²) in [6.45, 7) is 8.31. The normalized spacial score (nSPS) is 22.0. The first kappa shape index (κ1) is 34.7. The van der Waals surface area contributed by atoms with Gasteiger partial charge in [-0.3, -0.25) is 0 Å². The van der Waals surface area contributed by atoms with E-state index in [2.05, 4.69) is 13.1 Å². The number of hydrogen-bond donors (Lipinski definition) is 0. The van der Waals surface area contributed by atoms with E-state index in [-0.39, 0.29) is 0 Å². The van der Waals surface area contributed by atoms with Crippen molar-refractivity contribution in [2.45, 2.75) is 70.5 Å². The second kappa shape index (κ2) is 18.1. The van der Waals surface area contributed by atoms with Gasteiger partial charge in [0.25, 0.3) is 0 Å². The topological polar surface area (TPSA) is 64.6 Å². The summed E-state index contributed by atoms with van der Waals surface area (Å²) in [7, 11) is -0.695. The van der Waals surface area contributed by atoms with Gasteiger partial charge in [0, 0.05) is 12.5 Å². The third kappa shape index (κ3) is 11.0. The van der Waals surface area contributed by atoms with E-state index in [4.69, 9.17) is 45.1 Å². The molecule has 44 heavy (non-hydrogen) atoms. The van der Waals surface area contributed by atoms with Crippen LogP contribution in [0, 0.1) is 0 Å². The molecule has 3 aromatic carbocycles. The van der Waals surface area contributed by atoms with Crippen LogP contribution in [0.5, 0.6) is 0 Å². The maximum Gasteiger partial charge on any atom is 0.219 e. The maximum atomic E-state index is 6.92. The first-order chi connectivity index (χ1) is 21.4. The van der Waals surface area contributed by atoms with Crippen LogP contribution in [0.1, 0.15) is 23.6 Å². The molecule has 0 aliphatic carbocycles. The predicted octanol–water partition coefficient (Wildman–Crippen LogP) is 6.93. The Morgan fingerprint density at radius 2 is 1.30 bits per heavy atom. The van der Waals surface area contributed by atoms with E-state index in [1.807, 2.05) is 97.9 Å². The van der Waals surface area contributed by atoms with Gasteiger partial charge in [-0.1, -0.05) is 103 Å². The van der Waals surface area contributed by atoms with Crippen LogP contribution in [0.25, 0.3) is 0 Å². The first-order valence-electron chi connectivity index (χ1n) is 15.0. The second-order valence-electron chi connectivity index (χ2n) is 11.1. The van der Waals surface area contributed by atoms with Crippen molar-refractivity contribution in [3.63, 3.8) is 0 Å². The highest BCUT2D eigenvalue weighted by atomic mass is 32.2. The van der Waals surface area contributed by atoms with Crippen molar-refractivity contribution >= 4 is 36.7 Å². The molecular weight excluding hydrogens is 613 g/mol. The van der Waals surface area contributed by atoms with Gasteiger partial charge in [0.2, 0.25) is 4.38 Å². The van der Waals surface area contributed by atoms with Crippen LogP contribution in [-0.4, -0.2) is 69.1 Å². The third-order valence-corrected chi connectivity index (χ3v) is 12.1. The fourth-order valence-electron chi connectivity index (χ4n) is 4.91. The van der Waals surface area contributed by atoms with E-state index >= 15 is 0 Å². The highest BCUT2D eigenvalue weighted by molar-refractivity contribution is 8.23. The van der Waals surface area contributed by atoms with Gasteiger partial charge in [-0.15, -0.1) is 0 Å². The van der Waals surface area contributed by atoms with Crippen LogP contribution in [0.3, 0.4) is 0 Å². The smallest absolute Gasteiger partial charge is 0.219 e. The standard InChI is InChI=1S/C34H44O7S2Si/c1-5-37-34(42)43-25-44(3,4)41-32-31(39-23-28-19-13-8-14-20-28)30(38-22-27-17-11-7-12-18-27)29(40-33(32)35-2)24-36-21-26-15-9-6-10-16-26/h6-20,29-33H,5,21-25H2,1-4H3/t29-,30-,31+,32-,33-/m1/s1. The summed E-state index contributed by atoms with van der Waals surface area (Å²) in [6, 6.07) is 30.3. The molecule has 1 aliphatic heterocycles. The number of thiocarbonyl (C=S) groups is 1. The Morgan fingerprint density at radius 3 is 1.82 bits per heavy atom. The van der Waals surface area contributed by atoms with Crippen LogP contribution in [0.4, 0.5) is 0 Å². The Kier molecular flexibility index (Phi) is 14.3. The van der Waals surface area contributed by atoms with Gasteiger partial charge in [0.15, 0.2) is 14.6 Å². The molecule has 3 aromatic rings. The molecule has 7 nitrogen and oxygen atoms in total. The predicted molar refractivity (Wildman–Crippen MR) is 181 cm³/mol. The molecule has 5 atom stereocenters. The van der Waals surface area contributed by atoms with E-state index in [0.717, 1.165) is 16.7 Å². The van der Waals surface area contributed by atoms with Gasteiger partial charge in [-0.05, 0) is 48.9 Å². The van der Waals surface area contributed by atoms with Crippen molar-refractivity contribution in [3.8, 4) is 0 Å². The Morgan fingerprint density at radius 1 is 0.773 bits per heavy atom. The van der Waals surface area contributed by atoms with E-state index < -0.39 is 39.0 Å². The highest BCUT2D eigenvalue weighted by Crippen LogP contribution is 2.33. The maximum absolute atomic E-state index is 6.92. The summed E-state index contributed by atoms with van der Waals surface area (Å²) in [6.07, 6.45) is -2.68. The van der Waals surface area contributed by atoms with Gasteiger partial charge >= 0.3 is 0 Å². The molecular formula is C34H44O7S2Si. The molecule has 1 heterocycles. The number of methoxy groups -OCH3 is 1. The molecule has 1 fully saturated rings. The lowest BCUT2D eigenvalue weighted by molar-refractivity contribution is -0.309. The zero-order chi connectivity index (χ0) is 31.2. The number of ether oxygens (including phenoxy) is 6. The zero-order valence-corrected chi connectivity index (χ0v) is 28.6. The fraction of sp³-hybridized carbons (Fsp3) is 0.441. The Labute approximate surface area is 272 Å². The van der Waals surface area contributed by atoms with Gasteiger partial charge < -0.3 is 32.8 Å². The monoisotopic (exact) mass is 656 g/mol. The fourth-order valence-corrected chi connectivity index (χ4v) is 8.88. The molecule has 0 bridgehead atoms. The molecule has 0 radical (unpaired) electrons. The Balaban J connectivity index is 1.59. The van der Waals surface area contributed by atoms with Crippen LogP contribution >= 0.6 is 24.0 Å². The minimum atomic E-state index is -2.33. The number of hydrogen-bond acceptors (Lipinski definition) is 9. The van der Waals surface area contributed by atoms with Crippen LogP contribution in [-0.2, 0) is 52.7 Å². The molecule has 4 rings (SSSR count). The molecule has 0 spiro atoms.